The van der Waals surface area contributed by atoms with Crippen LogP contribution < -0.4 is 29.1 Å². The van der Waals surface area contributed by atoms with E-state index in [0.717, 1.165) is 11.1 Å². The minimum absolute atomic E-state index is 0.0000887. The number of hydrogen-bond donors (Lipinski definition) is 0. The largest absolute Gasteiger partial charge is 0.496 e. The van der Waals surface area contributed by atoms with E-state index >= 15 is 0 Å². The molecule has 8 nitrogen and oxygen atoms in total. The summed E-state index contributed by atoms with van der Waals surface area (Å²) >= 11 is 1.29. The summed E-state index contributed by atoms with van der Waals surface area (Å²) in [6, 6.07) is 12.4. The van der Waals surface area contributed by atoms with E-state index in [9.17, 15) is 9.59 Å². The van der Waals surface area contributed by atoms with Crippen molar-refractivity contribution in [3.63, 3.8) is 0 Å². The zero-order chi connectivity index (χ0) is 28.3. The van der Waals surface area contributed by atoms with E-state index in [4.69, 9.17) is 19.2 Å². The molecule has 1 aromatic heterocycles. The molecule has 0 unspecified atom stereocenters. The number of para-hydroxylation sites is 1. The number of amides is 1. The average molecular weight is 550 g/mol. The molecule has 0 saturated heterocycles. The number of nitrogens with zero attached hydrogens (tertiary/aromatic N) is 3. The number of carbonyl (C=O) groups excluding carboxylic acids is 1. The Kier molecular flexibility index (Phi) is 8.60. The minimum atomic E-state index is -0.677. The van der Waals surface area contributed by atoms with Crippen LogP contribution in [-0.4, -0.2) is 48.8 Å². The van der Waals surface area contributed by atoms with Gasteiger partial charge in [-0.15, -0.1) is 0 Å². The van der Waals surface area contributed by atoms with Crippen molar-refractivity contribution in [2.75, 3.05) is 27.3 Å². The molecular weight excluding hydrogens is 514 g/mol. The first-order valence-corrected chi connectivity index (χ1v) is 13.8. The number of likely N-dealkylation sites (N-methyl/N-ethyl adjacent to an activating group) is 1. The van der Waals surface area contributed by atoms with Crippen molar-refractivity contribution in [3.05, 3.63) is 84.5 Å². The Morgan fingerprint density at radius 2 is 1.77 bits per heavy atom. The summed E-state index contributed by atoms with van der Waals surface area (Å²) in [6.07, 6.45) is 1.82. The van der Waals surface area contributed by atoms with Crippen LogP contribution in [0, 0.1) is 0 Å². The van der Waals surface area contributed by atoms with Crippen LogP contribution in [0.4, 0.5) is 0 Å². The highest BCUT2D eigenvalue weighted by Crippen LogP contribution is 2.36. The second-order valence-electron chi connectivity index (χ2n) is 9.38. The number of hydrogen-bond acceptors (Lipinski definition) is 7. The fourth-order valence-electron chi connectivity index (χ4n) is 4.74. The number of allylic oxidation sites excluding steroid dienone is 1. The van der Waals surface area contributed by atoms with Crippen LogP contribution in [0.5, 0.6) is 17.2 Å². The third-order valence-electron chi connectivity index (χ3n) is 6.58. The number of aromatic nitrogens is 1. The summed E-state index contributed by atoms with van der Waals surface area (Å²) in [6.45, 7) is 10.7. The maximum Gasteiger partial charge on any atom is 0.271 e. The van der Waals surface area contributed by atoms with Gasteiger partial charge in [-0.2, -0.15) is 0 Å². The standard InChI is InChI=1S/C30H35N3O5S/c1-8-32(9-2)29(35)26-19(5)31-30-33(27(26)21-12-10-11-13-22(21)36-6)28(34)25(39-30)17-20-14-15-23(38-18(3)4)24(16-20)37-7/h10-18,27H,8-9H2,1-7H3/b25-17+/t27-/m0/s1. The number of thiazole rings is 1. The maximum absolute atomic E-state index is 14.0. The van der Waals surface area contributed by atoms with Gasteiger partial charge in [0.05, 0.1) is 36.1 Å². The highest BCUT2D eigenvalue weighted by atomic mass is 32.1. The second kappa shape index (κ2) is 11.9. The summed E-state index contributed by atoms with van der Waals surface area (Å²) in [5.41, 5.74) is 2.35. The summed E-state index contributed by atoms with van der Waals surface area (Å²) in [4.78, 5) is 34.8. The van der Waals surface area contributed by atoms with Crippen LogP contribution in [0.15, 0.2) is 63.5 Å². The van der Waals surface area contributed by atoms with Gasteiger partial charge >= 0.3 is 0 Å². The van der Waals surface area contributed by atoms with E-state index in [0.29, 0.717) is 50.9 Å². The molecule has 1 atom stereocenters. The van der Waals surface area contributed by atoms with Crippen LogP contribution in [0.1, 0.15) is 51.8 Å². The Morgan fingerprint density at radius 1 is 1.08 bits per heavy atom. The van der Waals surface area contributed by atoms with Gasteiger partial charge < -0.3 is 19.1 Å². The predicted octanol–water partition coefficient (Wildman–Crippen LogP) is 3.91. The zero-order valence-corrected chi connectivity index (χ0v) is 24.3. The minimum Gasteiger partial charge on any atom is -0.496 e. The number of benzene rings is 2. The van der Waals surface area contributed by atoms with Crippen LogP contribution in [0.25, 0.3) is 6.08 Å². The van der Waals surface area contributed by atoms with Gasteiger partial charge in [-0.3, -0.25) is 14.2 Å². The quantitative estimate of drug-likeness (QED) is 0.404. The first-order chi connectivity index (χ1) is 18.7. The molecule has 1 aliphatic heterocycles. The first kappa shape index (κ1) is 28.2. The lowest BCUT2D eigenvalue weighted by molar-refractivity contribution is -0.127. The first-order valence-electron chi connectivity index (χ1n) is 13.0. The van der Waals surface area contributed by atoms with Crippen molar-refractivity contribution in [2.45, 2.75) is 46.8 Å². The summed E-state index contributed by atoms with van der Waals surface area (Å²) in [7, 11) is 3.18. The Balaban J connectivity index is 1.93. The Bertz CT molecular complexity index is 1580. The Morgan fingerprint density at radius 3 is 2.41 bits per heavy atom. The number of methoxy groups -OCH3 is 2. The highest BCUT2D eigenvalue weighted by Gasteiger charge is 2.35. The van der Waals surface area contributed by atoms with E-state index < -0.39 is 6.04 Å². The fourth-order valence-corrected chi connectivity index (χ4v) is 5.79. The number of fused-ring (bicyclic) bond motifs is 1. The SMILES string of the molecule is CCN(CC)C(=O)C1=C(C)N=c2s/c(=C/c3ccc(OC(C)C)c(OC)c3)c(=O)n2[C@H]1c1ccccc1OC. The molecule has 4 rings (SSSR count). The van der Waals surface area contributed by atoms with Crippen LogP contribution in [0.3, 0.4) is 0 Å². The lowest BCUT2D eigenvalue weighted by Gasteiger charge is -2.29. The summed E-state index contributed by atoms with van der Waals surface area (Å²) in [5, 5.41) is 0. The molecule has 1 aliphatic rings. The lowest BCUT2D eigenvalue weighted by atomic mass is 9.94. The van der Waals surface area contributed by atoms with Crippen molar-refractivity contribution < 1.29 is 19.0 Å². The highest BCUT2D eigenvalue weighted by molar-refractivity contribution is 7.07. The van der Waals surface area contributed by atoms with Crippen molar-refractivity contribution in [1.29, 1.82) is 0 Å². The van der Waals surface area contributed by atoms with Crippen LogP contribution >= 0.6 is 11.3 Å². The zero-order valence-electron chi connectivity index (χ0n) is 23.5. The van der Waals surface area contributed by atoms with Crippen molar-refractivity contribution >= 4 is 23.3 Å². The molecule has 0 saturated carbocycles. The van der Waals surface area contributed by atoms with Crippen LogP contribution in [-0.2, 0) is 4.79 Å². The van der Waals surface area contributed by atoms with Gasteiger partial charge in [-0.05, 0) is 64.5 Å². The van der Waals surface area contributed by atoms with Gasteiger partial charge in [0.15, 0.2) is 16.3 Å². The predicted molar refractivity (Wildman–Crippen MR) is 153 cm³/mol. The molecule has 1 amide bonds. The topological polar surface area (TPSA) is 82.4 Å². The van der Waals surface area contributed by atoms with Crippen LogP contribution in [0.2, 0.25) is 0 Å². The van der Waals surface area contributed by atoms with Gasteiger partial charge in [0, 0.05) is 18.7 Å². The van der Waals surface area contributed by atoms with Gasteiger partial charge in [-0.1, -0.05) is 35.6 Å². The van der Waals surface area contributed by atoms with Crippen molar-refractivity contribution in [2.24, 2.45) is 4.99 Å². The second-order valence-corrected chi connectivity index (χ2v) is 10.4. The summed E-state index contributed by atoms with van der Waals surface area (Å²) in [5.74, 6) is 1.68. The van der Waals surface area contributed by atoms with E-state index in [-0.39, 0.29) is 17.6 Å². The molecule has 0 fully saturated rings. The molecule has 0 N–H and O–H groups in total. The average Bonchev–Trinajstić information content (AvgIpc) is 3.22. The molecular formula is C30H35N3O5S. The third-order valence-corrected chi connectivity index (χ3v) is 7.57. The molecule has 3 aromatic rings. The van der Waals surface area contributed by atoms with Gasteiger partial charge in [0.25, 0.3) is 11.5 Å². The molecule has 0 bridgehead atoms. The van der Waals surface area contributed by atoms with Crippen molar-refractivity contribution in [3.8, 4) is 17.2 Å². The lowest BCUT2D eigenvalue weighted by Crippen LogP contribution is -2.43. The molecule has 0 radical (unpaired) electrons. The maximum atomic E-state index is 14.0. The molecule has 9 heteroatoms. The smallest absolute Gasteiger partial charge is 0.271 e. The molecule has 0 spiro atoms. The van der Waals surface area contributed by atoms with E-state index in [1.807, 2.05) is 83.2 Å². The number of ether oxygens (including phenoxy) is 3. The number of rotatable bonds is 9. The molecule has 39 heavy (non-hydrogen) atoms. The third kappa shape index (κ3) is 5.49. The number of carbonyl (C=O) groups is 1. The molecule has 0 aliphatic carbocycles. The molecule has 2 aromatic carbocycles. The Labute approximate surface area is 232 Å². The van der Waals surface area contributed by atoms with Gasteiger partial charge in [0.2, 0.25) is 0 Å². The van der Waals surface area contributed by atoms with Crippen molar-refractivity contribution in [1.82, 2.24) is 9.47 Å². The van der Waals surface area contributed by atoms with E-state index in [2.05, 4.69) is 0 Å². The van der Waals surface area contributed by atoms with Gasteiger partial charge in [-0.25, -0.2) is 4.99 Å². The monoisotopic (exact) mass is 549 g/mol. The van der Waals surface area contributed by atoms with Gasteiger partial charge in [0.1, 0.15) is 11.8 Å². The molecule has 206 valence electrons. The molecule has 2 heterocycles. The summed E-state index contributed by atoms with van der Waals surface area (Å²) < 4.78 is 19.1. The fraction of sp³-hybridized carbons (Fsp3) is 0.367. The van der Waals surface area contributed by atoms with E-state index in [1.165, 1.54) is 11.3 Å². The van der Waals surface area contributed by atoms with E-state index in [1.54, 1.807) is 23.7 Å². The normalized spacial score (nSPS) is 15.2. The Hall–Kier alpha value is -3.85.